The molecule has 526 valence electrons. The lowest BCUT2D eigenvalue weighted by Gasteiger charge is -2.46. The van der Waals surface area contributed by atoms with Crippen LogP contribution >= 0.6 is 0 Å². The molecule has 2 saturated heterocycles. The smallest absolute Gasteiger partial charge is 0.220 e. The maximum Gasteiger partial charge on any atom is 0.220 e. The molecule has 9 N–H and O–H groups in total. The first-order chi connectivity index (χ1) is 43.6. The first-order valence-electron chi connectivity index (χ1n) is 38.1. The van der Waals surface area contributed by atoms with E-state index in [0.717, 1.165) is 57.8 Å². The summed E-state index contributed by atoms with van der Waals surface area (Å²) in [5, 5.41) is 87.5. The van der Waals surface area contributed by atoms with E-state index in [1.54, 1.807) is 0 Å². The minimum absolute atomic E-state index is 0.199. The van der Waals surface area contributed by atoms with Crippen LogP contribution in [0.5, 0.6) is 0 Å². The number of carbonyl (C=O) groups excluding carboxylic acids is 1. The molecule has 0 aromatic heterocycles. The molecule has 14 nitrogen and oxygen atoms in total. The molecule has 0 saturated carbocycles. The molecule has 0 bridgehead atoms. The van der Waals surface area contributed by atoms with Crippen LogP contribution in [-0.4, -0.2) is 140 Å². The summed E-state index contributed by atoms with van der Waals surface area (Å²) in [5.74, 6) is -0.199. The molecule has 1 amide bonds. The number of nitrogens with one attached hydrogen (secondary N) is 1. The van der Waals surface area contributed by atoms with Crippen molar-refractivity contribution >= 4 is 5.91 Å². The van der Waals surface area contributed by atoms with E-state index in [0.29, 0.717) is 12.8 Å². The molecule has 12 unspecified atom stereocenters. The molecule has 2 heterocycles. The van der Waals surface area contributed by atoms with Gasteiger partial charge < -0.3 is 65.1 Å². The van der Waals surface area contributed by atoms with Crippen molar-refractivity contribution in [2.75, 3.05) is 19.8 Å². The fourth-order valence-electron chi connectivity index (χ4n) is 12.9. The number of hydrogen-bond donors (Lipinski definition) is 9. The Balaban J connectivity index is 1.51. The molecule has 0 spiro atoms. The van der Waals surface area contributed by atoms with E-state index in [-0.39, 0.29) is 12.5 Å². The highest BCUT2D eigenvalue weighted by Crippen LogP contribution is 2.30. The van der Waals surface area contributed by atoms with Crippen molar-refractivity contribution in [2.45, 2.75) is 428 Å². The van der Waals surface area contributed by atoms with Crippen molar-refractivity contribution in [1.29, 1.82) is 0 Å². The zero-order valence-electron chi connectivity index (χ0n) is 57.5. The molecule has 89 heavy (non-hydrogen) atoms. The molecule has 2 aliphatic rings. The number of unbranched alkanes of at least 4 members (excludes halogenated alkanes) is 47. The van der Waals surface area contributed by atoms with Crippen molar-refractivity contribution in [3.63, 3.8) is 0 Å². The lowest BCUT2D eigenvalue weighted by Crippen LogP contribution is -2.65. The van der Waals surface area contributed by atoms with Gasteiger partial charge in [-0.05, 0) is 44.9 Å². The van der Waals surface area contributed by atoms with Crippen LogP contribution in [0.15, 0.2) is 24.3 Å². The number of carbonyl (C=O) groups is 1. The molecule has 14 heteroatoms. The number of amides is 1. The van der Waals surface area contributed by atoms with Crippen LogP contribution in [0.4, 0.5) is 0 Å². The maximum atomic E-state index is 13.3. The quantitative estimate of drug-likeness (QED) is 0.0204. The molecule has 12 atom stereocenters. The Hall–Kier alpha value is -1.53. The van der Waals surface area contributed by atoms with Crippen molar-refractivity contribution in [2.24, 2.45) is 0 Å². The van der Waals surface area contributed by atoms with E-state index in [2.05, 4.69) is 43.5 Å². The van der Waals surface area contributed by atoms with Crippen LogP contribution in [0.2, 0.25) is 0 Å². The Morgan fingerprint density at radius 2 is 0.742 bits per heavy atom. The van der Waals surface area contributed by atoms with Crippen LogP contribution in [0.3, 0.4) is 0 Å². The van der Waals surface area contributed by atoms with Crippen LogP contribution < -0.4 is 5.32 Å². The summed E-state index contributed by atoms with van der Waals surface area (Å²) in [4.78, 5) is 13.3. The predicted octanol–water partition coefficient (Wildman–Crippen LogP) is 16.3. The van der Waals surface area contributed by atoms with E-state index in [1.807, 2.05) is 0 Å². The lowest BCUT2D eigenvalue weighted by molar-refractivity contribution is -0.359. The van der Waals surface area contributed by atoms with Crippen molar-refractivity contribution in [3.05, 3.63) is 24.3 Å². The Morgan fingerprint density at radius 3 is 1.12 bits per heavy atom. The fourth-order valence-corrected chi connectivity index (χ4v) is 12.9. The number of rotatable bonds is 64. The van der Waals surface area contributed by atoms with Gasteiger partial charge >= 0.3 is 0 Å². The highest BCUT2D eigenvalue weighted by atomic mass is 16.7. The molecule has 2 fully saturated rings. The Labute approximate surface area is 545 Å². The Morgan fingerprint density at radius 1 is 0.404 bits per heavy atom. The van der Waals surface area contributed by atoms with Gasteiger partial charge in [-0.25, -0.2) is 0 Å². The topological polar surface area (TPSA) is 228 Å². The average Bonchev–Trinajstić information content (AvgIpc) is 2.74. The van der Waals surface area contributed by atoms with Crippen LogP contribution in [0, 0.1) is 0 Å². The second-order valence-electron chi connectivity index (χ2n) is 27.1. The summed E-state index contributed by atoms with van der Waals surface area (Å²) in [6.45, 7) is 2.89. The lowest BCUT2D eigenvalue weighted by atomic mass is 9.97. The number of allylic oxidation sites excluding steroid dienone is 4. The molecule has 0 radical (unpaired) electrons. The summed E-state index contributed by atoms with van der Waals surface area (Å²) in [7, 11) is 0. The molecule has 0 aromatic carbocycles. The van der Waals surface area contributed by atoms with E-state index < -0.39 is 86.8 Å². The highest BCUT2D eigenvalue weighted by Gasteiger charge is 2.51. The zero-order valence-corrected chi connectivity index (χ0v) is 57.5. The SMILES string of the molecule is CCCCCCC/C=C\C/C=C\CCCCCCCCCCCCCCCCCCCCCCCCCCCCCCCC(=O)NC(COC1OC(CO)C(OC2OC(CO)C(O)C(O)C2O)C(O)C1O)C(O)CCCCCCCCCCCCCCCC. The van der Waals surface area contributed by atoms with Gasteiger partial charge in [0.1, 0.15) is 48.8 Å². The third-order valence-corrected chi connectivity index (χ3v) is 18.9. The Bertz CT molecular complexity index is 1590. The normalized spacial score (nSPS) is 23.1. The molecule has 0 aliphatic carbocycles. The summed E-state index contributed by atoms with van der Waals surface area (Å²) < 4.78 is 22.9. The number of ether oxygens (including phenoxy) is 4. The molecule has 0 aromatic rings. The van der Waals surface area contributed by atoms with E-state index in [4.69, 9.17) is 18.9 Å². The van der Waals surface area contributed by atoms with Crippen molar-refractivity contribution < 1.29 is 64.6 Å². The second-order valence-corrected chi connectivity index (χ2v) is 27.1. The number of aliphatic hydroxyl groups excluding tert-OH is 8. The third kappa shape index (κ3) is 44.0. The monoisotopic (exact) mass is 1270 g/mol. The van der Waals surface area contributed by atoms with Crippen molar-refractivity contribution in [1.82, 2.24) is 5.32 Å². The molecule has 2 aliphatic heterocycles. The molecule has 2 rings (SSSR count). The fraction of sp³-hybridized carbons (Fsp3) is 0.933. The summed E-state index contributed by atoms with van der Waals surface area (Å²) >= 11 is 0. The van der Waals surface area contributed by atoms with Gasteiger partial charge in [-0.15, -0.1) is 0 Å². The van der Waals surface area contributed by atoms with Crippen LogP contribution in [0.1, 0.15) is 354 Å². The summed E-state index contributed by atoms with van der Waals surface area (Å²) in [6.07, 6.45) is 59.6. The predicted molar refractivity (Wildman–Crippen MR) is 365 cm³/mol. The van der Waals surface area contributed by atoms with Gasteiger partial charge in [-0.2, -0.15) is 0 Å². The van der Waals surface area contributed by atoms with Crippen LogP contribution in [-0.2, 0) is 23.7 Å². The van der Waals surface area contributed by atoms with Gasteiger partial charge in [0.2, 0.25) is 5.91 Å². The maximum absolute atomic E-state index is 13.3. The summed E-state index contributed by atoms with van der Waals surface area (Å²) in [5.41, 5.74) is 0. The summed E-state index contributed by atoms with van der Waals surface area (Å²) in [6, 6.07) is -0.825. The number of hydrogen-bond acceptors (Lipinski definition) is 13. The van der Waals surface area contributed by atoms with Gasteiger partial charge in [0.05, 0.1) is 32.0 Å². The number of aliphatic hydroxyl groups is 8. The minimum atomic E-state index is -1.78. The standard InChI is InChI=1S/C75H143NO13/c1-3-5-7-9-11-13-15-17-19-20-21-22-23-24-25-26-27-28-29-30-31-32-33-34-35-36-37-38-39-40-41-42-43-44-45-47-49-51-53-55-57-59-67(80)76-63(64(79)58-56-54-52-50-48-46-18-16-14-12-10-8-6-4-2)62-86-74-72(85)70(83)73(66(61-78)88-74)89-75-71(84)69(82)68(81)65(60-77)87-75/h15,17,20-21,63-66,68-75,77-79,81-85H,3-14,16,18-19,22-62H2,1-2H3,(H,76,80)/b17-15-,21-20-. The van der Waals surface area contributed by atoms with Gasteiger partial charge in [-0.1, -0.05) is 327 Å². The highest BCUT2D eigenvalue weighted by molar-refractivity contribution is 5.76. The van der Waals surface area contributed by atoms with Crippen LogP contribution in [0.25, 0.3) is 0 Å². The van der Waals surface area contributed by atoms with Crippen molar-refractivity contribution in [3.8, 4) is 0 Å². The molecular formula is C75H143NO13. The van der Waals surface area contributed by atoms with E-state index in [9.17, 15) is 45.6 Å². The third-order valence-electron chi connectivity index (χ3n) is 18.9. The Kier molecular flexibility index (Phi) is 56.5. The van der Waals surface area contributed by atoms with Gasteiger partial charge in [0, 0.05) is 6.42 Å². The first-order valence-corrected chi connectivity index (χ1v) is 38.1. The molecular weight excluding hydrogens is 1120 g/mol. The van der Waals surface area contributed by atoms with E-state index in [1.165, 1.54) is 270 Å². The van der Waals surface area contributed by atoms with Gasteiger partial charge in [-0.3, -0.25) is 4.79 Å². The minimum Gasteiger partial charge on any atom is -0.394 e. The second kappa shape index (κ2) is 60.2. The zero-order chi connectivity index (χ0) is 64.5. The van der Waals surface area contributed by atoms with E-state index >= 15 is 0 Å². The average molecular weight is 1270 g/mol. The first kappa shape index (κ1) is 83.6. The van der Waals surface area contributed by atoms with Gasteiger partial charge in [0.25, 0.3) is 0 Å². The van der Waals surface area contributed by atoms with Gasteiger partial charge in [0.15, 0.2) is 12.6 Å². The largest absolute Gasteiger partial charge is 0.394 e.